The van der Waals surface area contributed by atoms with Crippen LogP contribution in [0.15, 0.2) is 168 Å². The summed E-state index contributed by atoms with van der Waals surface area (Å²) in [5, 5.41) is 8.35. The van der Waals surface area contributed by atoms with E-state index < -0.39 is 0 Å². The van der Waals surface area contributed by atoms with Gasteiger partial charge in [-0.15, -0.1) is 0 Å². The van der Waals surface area contributed by atoms with Gasteiger partial charge in [0.25, 0.3) is 0 Å². The zero-order valence-electron chi connectivity index (χ0n) is 26.3. The first-order valence-electron chi connectivity index (χ1n) is 16.4. The van der Waals surface area contributed by atoms with E-state index >= 15 is 0 Å². The van der Waals surface area contributed by atoms with E-state index in [0.717, 1.165) is 65.4 Å². The Morgan fingerprint density at radius 1 is 0.327 bits per heavy atom. The van der Waals surface area contributed by atoms with Gasteiger partial charge >= 0.3 is 0 Å². The Hall–Kier alpha value is -6.65. The van der Waals surface area contributed by atoms with Gasteiger partial charge in [0.05, 0.1) is 0 Å². The van der Waals surface area contributed by atoms with Crippen LogP contribution in [0.25, 0.3) is 99.2 Å². The second-order valence-corrected chi connectivity index (χ2v) is 12.5. The van der Waals surface area contributed by atoms with E-state index in [2.05, 4.69) is 121 Å². The predicted octanol–water partition coefficient (Wildman–Crippen LogP) is 11.9. The van der Waals surface area contributed by atoms with E-state index in [9.17, 15) is 0 Å². The van der Waals surface area contributed by atoms with E-state index in [1.165, 1.54) is 16.7 Å². The van der Waals surface area contributed by atoms with Gasteiger partial charge in [0.2, 0.25) is 0 Å². The first-order valence-corrected chi connectivity index (χ1v) is 16.4. The third kappa shape index (κ3) is 4.65. The minimum Gasteiger partial charge on any atom is -0.456 e. The van der Waals surface area contributed by atoms with E-state index in [-0.39, 0.29) is 0 Å². The third-order valence-electron chi connectivity index (χ3n) is 9.47. The standard InChI is InChI=1S/C45H27N3O/c1-3-10-28(11-4-1)30-14-7-15-31(24-30)32-20-22-36-34-21-23-40-39(27-34)42-37(18-9-19-41(42)49-40)45-47-43(29-12-5-2-6-13-29)46-44(48-45)35-17-8-16-33(25-35)38(36)26-32/h1-27H. The highest BCUT2D eigenvalue weighted by molar-refractivity contribution is 6.19. The Bertz CT molecular complexity index is 2930. The van der Waals surface area contributed by atoms with E-state index in [4.69, 9.17) is 19.4 Å². The molecule has 10 rings (SSSR count). The molecule has 4 heteroatoms. The molecule has 0 aliphatic heterocycles. The quantitative estimate of drug-likeness (QED) is 0.196. The van der Waals surface area contributed by atoms with Gasteiger partial charge in [0, 0.05) is 27.1 Å². The minimum absolute atomic E-state index is 0.616. The van der Waals surface area contributed by atoms with Gasteiger partial charge in [-0.25, -0.2) is 15.0 Å². The van der Waals surface area contributed by atoms with E-state index in [1.807, 2.05) is 42.5 Å². The number of aromatic nitrogens is 3. The highest BCUT2D eigenvalue weighted by atomic mass is 16.3. The number of hydrogen-bond acceptors (Lipinski definition) is 4. The van der Waals surface area contributed by atoms with Crippen LogP contribution in [0.2, 0.25) is 0 Å². The molecule has 6 bridgehead atoms. The summed E-state index contributed by atoms with van der Waals surface area (Å²) in [6.07, 6.45) is 0. The maximum Gasteiger partial charge on any atom is 0.164 e. The summed E-state index contributed by atoms with van der Waals surface area (Å²) in [4.78, 5) is 15.2. The summed E-state index contributed by atoms with van der Waals surface area (Å²) in [5.41, 5.74) is 8.52. The van der Waals surface area contributed by atoms with Crippen molar-refractivity contribution in [3.63, 3.8) is 0 Å². The van der Waals surface area contributed by atoms with Crippen LogP contribution in [0.5, 0.6) is 0 Å². The van der Waals surface area contributed by atoms with Gasteiger partial charge in [0.15, 0.2) is 17.1 Å². The molecule has 0 atom stereocenters. The Balaban J connectivity index is 1.35. The molecule has 0 saturated carbocycles. The monoisotopic (exact) mass is 625 g/mol. The molecule has 0 N–H and O–H groups in total. The molecular formula is C45H27N3O. The largest absolute Gasteiger partial charge is 0.456 e. The average molecular weight is 626 g/mol. The SMILES string of the molecule is c1ccc(-c2cccc(-c3ccc4c5ccc6oc7cccc(c8nc(-c9ccccc9)nc(n8)c8cccc(c8)c4c3)c7c6c5)c2)cc1. The summed E-state index contributed by atoms with van der Waals surface area (Å²) >= 11 is 0. The van der Waals surface area contributed by atoms with Crippen LogP contribution >= 0.6 is 0 Å². The Morgan fingerprint density at radius 3 is 1.86 bits per heavy atom. The molecule has 10 aromatic rings. The highest BCUT2D eigenvalue weighted by Gasteiger charge is 2.14. The summed E-state index contributed by atoms with van der Waals surface area (Å²) in [6.45, 7) is 0. The van der Waals surface area contributed by atoms with Gasteiger partial charge in [-0.05, 0) is 80.2 Å². The summed E-state index contributed by atoms with van der Waals surface area (Å²) in [7, 11) is 0. The first kappa shape index (κ1) is 27.5. The average Bonchev–Trinajstić information content (AvgIpc) is 3.56. The van der Waals surface area contributed by atoms with E-state index in [1.54, 1.807) is 0 Å². The van der Waals surface area contributed by atoms with Gasteiger partial charge < -0.3 is 4.42 Å². The van der Waals surface area contributed by atoms with Crippen LogP contribution in [0, 0.1) is 0 Å². The van der Waals surface area contributed by atoms with Crippen molar-refractivity contribution in [3.05, 3.63) is 164 Å². The maximum atomic E-state index is 6.42. The van der Waals surface area contributed by atoms with Gasteiger partial charge in [-0.2, -0.15) is 0 Å². The summed E-state index contributed by atoms with van der Waals surface area (Å²) in [6, 6.07) is 57.4. The third-order valence-corrected chi connectivity index (χ3v) is 9.47. The van der Waals surface area contributed by atoms with Crippen molar-refractivity contribution in [2.24, 2.45) is 0 Å². The van der Waals surface area contributed by atoms with Crippen molar-refractivity contribution in [2.75, 3.05) is 0 Å². The van der Waals surface area contributed by atoms with Gasteiger partial charge in [-0.1, -0.05) is 127 Å². The van der Waals surface area contributed by atoms with Crippen LogP contribution in [0.4, 0.5) is 0 Å². The molecule has 228 valence electrons. The smallest absolute Gasteiger partial charge is 0.164 e. The van der Waals surface area contributed by atoms with Crippen molar-refractivity contribution < 1.29 is 4.42 Å². The molecule has 49 heavy (non-hydrogen) atoms. The lowest BCUT2D eigenvalue weighted by atomic mass is 9.95. The zero-order valence-corrected chi connectivity index (χ0v) is 26.3. The fraction of sp³-hybridized carbons (Fsp3) is 0. The topological polar surface area (TPSA) is 51.8 Å². The lowest BCUT2D eigenvalue weighted by molar-refractivity contribution is 0.669. The molecule has 0 radical (unpaired) electrons. The Morgan fingerprint density at radius 2 is 1.00 bits per heavy atom. The first-order chi connectivity index (χ1) is 24.2. The Kier molecular flexibility index (Phi) is 6.15. The number of rotatable bonds is 3. The number of benzene rings is 7. The van der Waals surface area contributed by atoms with Crippen LogP contribution in [0.3, 0.4) is 0 Å². The van der Waals surface area contributed by atoms with Crippen LogP contribution < -0.4 is 0 Å². The molecule has 0 saturated heterocycles. The van der Waals surface area contributed by atoms with Crippen molar-refractivity contribution in [3.8, 4) is 33.6 Å². The van der Waals surface area contributed by atoms with E-state index in [0.29, 0.717) is 17.1 Å². The fourth-order valence-electron chi connectivity index (χ4n) is 7.07. The number of hydrogen-bond donors (Lipinski definition) is 0. The van der Waals surface area contributed by atoms with Crippen LogP contribution in [0.1, 0.15) is 0 Å². The lowest BCUT2D eigenvalue weighted by Gasteiger charge is -2.09. The number of fused-ring (bicyclic) bond motifs is 10. The maximum absolute atomic E-state index is 6.42. The van der Waals surface area contributed by atoms with Gasteiger partial charge in [0.1, 0.15) is 11.2 Å². The zero-order chi connectivity index (χ0) is 32.3. The van der Waals surface area contributed by atoms with Crippen molar-refractivity contribution in [2.45, 2.75) is 0 Å². The van der Waals surface area contributed by atoms with Crippen molar-refractivity contribution in [1.29, 1.82) is 0 Å². The summed E-state index contributed by atoms with van der Waals surface area (Å²) in [5.74, 6) is 0.632. The lowest BCUT2D eigenvalue weighted by Crippen LogP contribution is -1.94. The minimum atomic E-state index is 0.616. The molecule has 4 nitrogen and oxygen atoms in total. The second kappa shape index (κ2) is 11.0. The Labute approximate surface area is 281 Å². The molecule has 0 fully saturated rings. The number of nitrogens with zero attached hydrogens (tertiary/aromatic N) is 3. The highest BCUT2D eigenvalue weighted by Crippen LogP contribution is 2.37. The van der Waals surface area contributed by atoms with Crippen LogP contribution in [-0.2, 0) is 0 Å². The molecule has 0 spiro atoms. The molecule has 0 aliphatic rings. The molecule has 3 heterocycles. The van der Waals surface area contributed by atoms with Crippen molar-refractivity contribution >= 4 is 65.6 Å². The normalized spacial score (nSPS) is 11.7. The molecule has 0 unspecified atom stereocenters. The number of furan rings is 1. The molecular weight excluding hydrogens is 599 g/mol. The molecule has 7 aromatic carbocycles. The predicted molar refractivity (Wildman–Crippen MR) is 202 cm³/mol. The van der Waals surface area contributed by atoms with Gasteiger partial charge in [-0.3, -0.25) is 0 Å². The second-order valence-electron chi connectivity index (χ2n) is 12.5. The fourth-order valence-corrected chi connectivity index (χ4v) is 7.07. The molecule has 3 aromatic heterocycles. The van der Waals surface area contributed by atoms with Crippen molar-refractivity contribution in [1.82, 2.24) is 15.0 Å². The molecule has 0 aliphatic carbocycles. The van der Waals surface area contributed by atoms with Crippen LogP contribution in [-0.4, -0.2) is 15.0 Å². The summed E-state index contributed by atoms with van der Waals surface area (Å²) < 4.78 is 6.42. The molecule has 0 amide bonds.